The number of nitrogen functional groups attached to an aromatic ring is 1. The van der Waals surface area contributed by atoms with Crippen LogP contribution in [0.2, 0.25) is 0 Å². The molecule has 0 fully saturated rings. The van der Waals surface area contributed by atoms with Crippen molar-refractivity contribution in [2.45, 2.75) is 26.7 Å². The summed E-state index contributed by atoms with van der Waals surface area (Å²) in [6, 6.07) is 12.5. The summed E-state index contributed by atoms with van der Waals surface area (Å²) in [4.78, 5) is 2.39. The number of fused-ring (bicyclic) bond motifs is 1. The first-order valence-electron chi connectivity index (χ1n) is 7.97. The van der Waals surface area contributed by atoms with E-state index in [1.165, 1.54) is 28.8 Å². The van der Waals surface area contributed by atoms with Crippen LogP contribution in [0.4, 0.5) is 11.4 Å². The van der Waals surface area contributed by atoms with E-state index < -0.39 is 0 Å². The minimum absolute atomic E-state index is 0.691. The highest BCUT2D eigenvalue weighted by Crippen LogP contribution is 2.28. The van der Waals surface area contributed by atoms with E-state index in [9.17, 15) is 0 Å². The molecule has 2 N–H and O–H groups in total. The maximum Gasteiger partial charge on any atom is 0.119 e. The largest absolute Gasteiger partial charge is 0.492 e. The molecule has 0 amide bonds. The molecule has 0 unspecified atom stereocenters. The molecule has 2 aromatic carbocycles. The van der Waals surface area contributed by atoms with Gasteiger partial charge in [0.1, 0.15) is 12.4 Å². The van der Waals surface area contributed by atoms with Crippen LogP contribution < -0.4 is 15.4 Å². The molecule has 0 atom stereocenters. The second-order valence-electron chi connectivity index (χ2n) is 6.07. The third-order valence-corrected chi connectivity index (χ3v) is 4.43. The first kappa shape index (κ1) is 14.8. The van der Waals surface area contributed by atoms with Gasteiger partial charge in [-0.3, -0.25) is 0 Å². The molecule has 3 heteroatoms. The quantitative estimate of drug-likeness (QED) is 0.874. The SMILES string of the molecule is Cc1ccc(OCCN2CCCc3ccc(N)cc32)cc1C. The number of benzene rings is 2. The van der Waals surface area contributed by atoms with Gasteiger partial charge in [-0.15, -0.1) is 0 Å². The summed E-state index contributed by atoms with van der Waals surface area (Å²) in [5.74, 6) is 0.952. The van der Waals surface area contributed by atoms with Crippen molar-refractivity contribution in [2.75, 3.05) is 30.3 Å². The molecule has 0 bridgehead atoms. The van der Waals surface area contributed by atoms with E-state index in [1.807, 2.05) is 12.1 Å². The highest BCUT2D eigenvalue weighted by Gasteiger charge is 2.16. The molecule has 0 aromatic heterocycles. The van der Waals surface area contributed by atoms with Gasteiger partial charge in [0.05, 0.1) is 6.54 Å². The molecule has 116 valence electrons. The minimum Gasteiger partial charge on any atom is -0.492 e. The third-order valence-electron chi connectivity index (χ3n) is 4.43. The fourth-order valence-electron chi connectivity index (χ4n) is 2.98. The maximum absolute atomic E-state index is 5.94. The van der Waals surface area contributed by atoms with Gasteiger partial charge in [-0.25, -0.2) is 0 Å². The molecule has 1 aliphatic heterocycles. The Balaban J connectivity index is 1.63. The van der Waals surface area contributed by atoms with E-state index >= 15 is 0 Å². The predicted molar refractivity (Wildman–Crippen MR) is 92.8 cm³/mol. The molecule has 22 heavy (non-hydrogen) atoms. The number of hydrogen-bond acceptors (Lipinski definition) is 3. The molecule has 3 nitrogen and oxygen atoms in total. The summed E-state index contributed by atoms with van der Waals surface area (Å²) in [5, 5.41) is 0. The van der Waals surface area contributed by atoms with Gasteiger partial charge in [-0.1, -0.05) is 12.1 Å². The second-order valence-corrected chi connectivity index (χ2v) is 6.07. The van der Waals surface area contributed by atoms with Crippen molar-refractivity contribution in [1.82, 2.24) is 0 Å². The average Bonchev–Trinajstić information content (AvgIpc) is 2.51. The number of nitrogens with zero attached hydrogens (tertiary/aromatic N) is 1. The normalized spacial score (nSPS) is 13.8. The molecular formula is C19H24N2O. The van der Waals surface area contributed by atoms with Crippen LogP contribution in [0.1, 0.15) is 23.1 Å². The predicted octanol–water partition coefficient (Wildman–Crippen LogP) is 3.72. The average molecular weight is 296 g/mol. The van der Waals surface area contributed by atoms with Crippen molar-refractivity contribution in [1.29, 1.82) is 0 Å². The second kappa shape index (κ2) is 6.30. The smallest absolute Gasteiger partial charge is 0.119 e. The molecule has 0 saturated heterocycles. The van der Waals surface area contributed by atoms with Crippen LogP contribution in [0, 0.1) is 13.8 Å². The van der Waals surface area contributed by atoms with Gasteiger partial charge >= 0.3 is 0 Å². The molecule has 0 saturated carbocycles. The lowest BCUT2D eigenvalue weighted by Gasteiger charge is -2.31. The highest BCUT2D eigenvalue weighted by atomic mass is 16.5. The highest BCUT2D eigenvalue weighted by molar-refractivity contribution is 5.62. The lowest BCUT2D eigenvalue weighted by Crippen LogP contribution is -2.33. The standard InChI is InChI=1S/C19H24N2O/c1-14-5-8-18(12-15(14)2)22-11-10-21-9-3-4-16-6-7-17(20)13-19(16)21/h5-8,12-13H,3-4,9-11,20H2,1-2H3. The van der Waals surface area contributed by atoms with E-state index in [-0.39, 0.29) is 0 Å². The Morgan fingerprint density at radius 1 is 1.09 bits per heavy atom. The van der Waals surface area contributed by atoms with Gasteiger partial charge in [0, 0.05) is 17.9 Å². The summed E-state index contributed by atoms with van der Waals surface area (Å²) in [5.41, 5.74) is 12.0. The Hall–Kier alpha value is -2.16. The molecule has 3 rings (SSSR count). The molecular weight excluding hydrogens is 272 g/mol. The molecule has 2 aromatic rings. The van der Waals surface area contributed by atoms with E-state index in [2.05, 4.69) is 43.0 Å². The van der Waals surface area contributed by atoms with Gasteiger partial charge in [0.2, 0.25) is 0 Å². The van der Waals surface area contributed by atoms with Crippen LogP contribution in [-0.4, -0.2) is 19.7 Å². The third kappa shape index (κ3) is 3.19. The summed E-state index contributed by atoms with van der Waals surface area (Å²) in [6.07, 6.45) is 2.34. The lowest BCUT2D eigenvalue weighted by molar-refractivity contribution is 0.322. The first-order valence-corrected chi connectivity index (χ1v) is 7.97. The number of hydrogen-bond donors (Lipinski definition) is 1. The van der Waals surface area contributed by atoms with Crippen molar-refractivity contribution in [3.63, 3.8) is 0 Å². The Kier molecular flexibility index (Phi) is 4.23. The first-order chi connectivity index (χ1) is 10.6. The van der Waals surface area contributed by atoms with Crippen molar-refractivity contribution in [3.8, 4) is 5.75 Å². The van der Waals surface area contributed by atoms with Crippen molar-refractivity contribution < 1.29 is 4.74 Å². The van der Waals surface area contributed by atoms with Gasteiger partial charge in [-0.05, 0) is 67.6 Å². The number of aryl methyl sites for hydroxylation is 3. The van der Waals surface area contributed by atoms with Crippen molar-refractivity contribution in [3.05, 3.63) is 53.1 Å². The summed E-state index contributed by atoms with van der Waals surface area (Å²) < 4.78 is 5.92. The van der Waals surface area contributed by atoms with Crippen LogP contribution >= 0.6 is 0 Å². The molecule has 0 aliphatic carbocycles. The van der Waals surface area contributed by atoms with Crippen LogP contribution in [0.25, 0.3) is 0 Å². The van der Waals surface area contributed by atoms with E-state index in [0.29, 0.717) is 6.61 Å². The van der Waals surface area contributed by atoms with Crippen LogP contribution in [0.15, 0.2) is 36.4 Å². The summed E-state index contributed by atoms with van der Waals surface area (Å²) in [7, 11) is 0. The summed E-state index contributed by atoms with van der Waals surface area (Å²) >= 11 is 0. The van der Waals surface area contributed by atoms with Crippen LogP contribution in [-0.2, 0) is 6.42 Å². The Labute approximate surface area is 132 Å². The number of nitrogens with two attached hydrogens (primary N) is 1. The fourth-order valence-corrected chi connectivity index (χ4v) is 2.98. The molecule has 1 heterocycles. The molecule has 1 aliphatic rings. The molecule has 0 spiro atoms. The van der Waals surface area contributed by atoms with Gasteiger partial charge in [0.25, 0.3) is 0 Å². The summed E-state index contributed by atoms with van der Waals surface area (Å²) in [6.45, 7) is 6.90. The number of anilines is 2. The fraction of sp³-hybridized carbons (Fsp3) is 0.368. The lowest BCUT2D eigenvalue weighted by atomic mass is 10.0. The van der Waals surface area contributed by atoms with Crippen molar-refractivity contribution in [2.24, 2.45) is 0 Å². The number of rotatable bonds is 4. The topological polar surface area (TPSA) is 38.5 Å². The Morgan fingerprint density at radius 3 is 2.77 bits per heavy atom. The van der Waals surface area contributed by atoms with E-state index in [1.54, 1.807) is 0 Å². The van der Waals surface area contributed by atoms with Gasteiger partial charge < -0.3 is 15.4 Å². The van der Waals surface area contributed by atoms with Crippen LogP contribution in [0.5, 0.6) is 5.75 Å². The Bertz CT molecular complexity index is 666. The van der Waals surface area contributed by atoms with Gasteiger partial charge in [0.15, 0.2) is 0 Å². The van der Waals surface area contributed by atoms with E-state index in [0.717, 1.165) is 30.9 Å². The monoisotopic (exact) mass is 296 g/mol. The minimum atomic E-state index is 0.691. The Morgan fingerprint density at radius 2 is 1.95 bits per heavy atom. The zero-order chi connectivity index (χ0) is 15.5. The van der Waals surface area contributed by atoms with E-state index in [4.69, 9.17) is 10.5 Å². The van der Waals surface area contributed by atoms with Crippen molar-refractivity contribution >= 4 is 11.4 Å². The van der Waals surface area contributed by atoms with Crippen LogP contribution in [0.3, 0.4) is 0 Å². The number of ether oxygens (including phenoxy) is 1. The van der Waals surface area contributed by atoms with Gasteiger partial charge in [-0.2, -0.15) is 0 Å². The zero-order valence-electron chi connectivity index (χ0n) is 13.4. The maximum atomic E-state index is 5.94. The zero-order valence-corrected chi connectivity index (χ0v) is 13.4. The molecule has 0 radical (unpaired) electrons.